The summed E-state index contributed by atoms with van der Waals surface area (Å²) in [6.45, 7) is 3.83. The van der Waals surface area contributed by atoms with Crippen LogP contribution < -0.4 is 0 Å². The van der Waals surface area contributed by atoms with E-state index in [0.717, 1.165) is 16.6 Å². The van der Waals surface area contributed by atoms with E-state index in [0.29, 0.717) is 0 Å². The Morgan fingerprint density at radius 1 is 1.31 bits per heavy atom. The van der Waals surface area contributed by atoms with Crippen molar-refractivity contribution < 1.29 is 5.11 Å². The summed E-state index contributed by atoms with van der Waals surface area (Å²) in [4.78, 5) is 3.17. The maximum absolute atomic E-state index is 9.36. The van der Waals surface area contributed by atoms with Crippen molar-refractivity contribution in [2.24, 2.45) is 0 Å². The second-order valence-electron chi connectivity index (χ2n) is 3.49. The molecule has 2 N–H and O–H groups in total. The second kappa shape index (κ2) is 2.89. The fraction of sp³-hybridized carbons (Fsp3) is 0.273. The number of nitrogens with one attached hydrogen (secondary N) is 1. The lowest BCUT2D eigenvalue weighted by Crippen LogP contribution is -1.88. The quantitative estimate of drug-likeness (QED) is 0.686. The van der Waals surface area contributed by atoms with Gasteiger partial charge in [0.15, 0.2) is 0 Å². The number of rotatable bonds is 1. The van der Waals surface area contributed by atoms with Gasteiger partial charge in [-0.15, -0.1) is 0 Å². The highest BCUT2D eigenvalue weighted by Crippen LogP contribution is 2.20. The topological polar surface area (TPSA) is 36.0 Å². The van der Waals surface area contributed by atoms with E-state index < -0.39 is 6.10 Å². The van der Waals surface area contributed by atoms with Gasteiger partial charge < -0.3 is 10.1 Å². The Labute approximate surface area is 77.2 Å². The Morgan fingerprint density at radius 2 is 2.08 bits per heavy atom. The molecule has 0 saturated heterocycles. The molecule has 1 atom stereocenters. The highest BCUT2D eigenvalue weighted by molar-refractivity contribution is 5.81. The summed E-state index contributed by atoms with van der Waals surface area (Å²) in [5.74, 6) is 0. The van der Waals surface area contributed by atoms with Crippen molar-refractivity contribution in [3.8, 4) is 0 Å². The van der Waals surface area contributed by atoms with Gasteiger partial charge in [0.2, 0.25) is 0 Å². The smallest absolute Gasteiger partial charge is 0.0910 e. The predicted octanol–water partition coefficient (Wildman–Crippen LogP) is 2.53. The van der Waals surface area contributed by atoms with E-state index in [-0.39, 0.29) is 0 Å². The third kappa shape index (κ3) is 1.45. The minimum Gasteiger partial charge on any atom is -0.387 e. The Hall–Kier alpha value is -1.28. The molecular weight excluding hydrogens is 162 g/mol. The molecule has 1 heterocycles. The number of benzene rings is 1. The van der Waals surface area contributed by atoms with Crippen LogP contribution in [0.3, 0.4) is 0 Å². The van der Waals surface area contributed by atoms with Crippen molar-refractivity contribution in [1.29, 1.82) is 0 Å². The maximum Gasteiger partial charge on any atom is 0.0910 e. The highest BCUT2D eigenvalue weighted by Gasteiger charge is 2.04. The number of aromatic amines is 1. The molecule has 68 valence electrons. The molecule has 0 fully saturated rings. The summed E-state index contributed by atoms with van der Waals surface area (Å²) in [6.07, 6.45) is -0.423. The van der Waals surface area contributed by atoms with Gasteiger partial charge in [-0.1, -0.05) is 11.6 Å². The van der Waals surface area contributed by atoms with Gasteiger partial charge in [-0.3, -0.25) is 0 Å². The van der Waals surface area contributed by atoms with Crippen molar-refractivity contribution in [2.45, 2.75) is 20.0 Å². The number of hydrogen-bond acceptors (Lipinski definition) is 1. The highest BCUT2D eigenvalue weighted by atomic mass is 16.3. The number of aliphatic hydroxyl groups is 1. The summed E-state index contributed by atoms with van der Waals surface area (Å²) in [5, 5.41) is 10.5. The van der Waals surface area contributed by atoms with Crippen LogP contribution in [-0.4, -0.2) is 10.1 Å². The number of aromatic nitrogens is 1. The summed E-state index contributed by atoms with van der Waals surface area (Å²) < 4.78 is 0. The van der Waals surface area contributed by atoms with E-state index in [9.17, 15) is 5.11 Å². The molecule has 0 spiro atoms. The summed E-state index contributed by atoms with van der Waals surface area (Å²) in [5.41, 5.74) is 3.20. The zero-order valence-electron chi connectivity index (χ0n) is 7.83. The Morgan fingerprint density at radius 3 is 2.77 bits per heavy atom. The van der Waals surface area contributed by atoms with Crippen LogP contribution in [0.4, 0.5) is 0 Å². The SMILES string of the molecule is Cc1ccc2[nH]c(C(C)O)cc2c1. The molecule has 2 heteroatoms. The van der Waals surface area contributed by atoms with Crippen LogP contribution in [0.2, 0.25) is 0 Å². The summed E-state index contributed by atoms with van der Waals surface area (Å²) >= 11 is 0. The molecule has 0 aliphatic rings. The first kappa shape index (κ1) is 8.32. The van der Waals surface area contributed by atoms with Gasteiger partial charge in [-0.25, -0.2) is 0 Å². The van der Waals surface area contributed by atoms with Crippen LogP contribution in [-0.2, 0) is 0 Å². The molecule has 0 radical (unpaired) electrons. The number of aryl methyl sites for hydroxylation is 1. The third-order valence-electron chi connectivity index (χ3n) is 2.25. The molecule has 0 aliphatic carbocycles. The minimum atomic E-state index is -0.423. The molecule has 1 aromatic heterocycles. The lowest BCUT2D eigenvalue weighted by Gasteiger charge is -1.97. The Balaban J connectivity index is 2.62. The average Bonchev–Trinajstić information content (AvgIpc) is 2.46. The van der Waals surface area contributed by atoms with Crippen molar-refractivity contribution in [2.75, 3.05) is 0 Å². The van der Waals surface area contributed by atoms with E-state index >= 15 is 0 Å². The lowest BCUT2D eigenvalue weighted by atomic mass is 10.2. The number of H-pyrrole nitrogens is 1. The van der Waals surface area contributed by atoms with Crippen LogP contribution in [0.25, 0.3) is 10.9 Å². The third-order valence-corrected chi connectivity index (χ3v) is 2.25. The van der Waals surface area contributed by atoms with Crippen molar-refractivity contribution in [1.82, 2.24) is 4.98 Å². The summed E-state index contributed by atoms with van der Waals surface area (Å²) in [6, 6.07) is 8.20. The van der Waals surface area contributed by atoms with E-state index in [1.54, 1.807) is 6.92 Å². The zero-order valence-corrected chi connectivity index (χ0v) is 7.83. The first-order chi connectivity index (χ1) is 6.16. The molecule has 2 nitrogen and oxygen atoms in total. The van der Waals surface area contributed by atoms with E-state index in [2.05, 4.69) is 24.0 Å². The van der Waals surface area contributed by atoms with Gasteiger partial charge in [0.1, 0.15) is 0 Å². The first-order valence-corrected chi connectivity index (χ1v) is 4.44. The Bertz CT molecular complexity index is 429. The molecule has 0 bridgehead atoms. The molecule has 2 rings (SSSR count). The molecule has 13 heavy (non-hydrogen) atoms. The van der Waals surface area contributed by atoms with Gasteiger partial charge in [0.05, 0.1) is 6.10 Å². The molecule has 2 aromatic rings. The maximum atomic E-state index is 9.36. The largest absolute Gasteiger partial charge is 0.387 e. The standard InChI is InChI=1S/C11H13NO/c1-7-3-4-10-9(5-7)6-11(12-10)8(2)13/h3-6,8,12-13H,1-2H3. The van der Waals surface area contributed by atoms with Crippen LogP contribution in [0, 0.1) is 6.92 Å². The molecule has 1 unspecified atom stereocenters. The van der Waals surface area contributed by atoms with Gasteiger partial charge in [-0.05, 0) is 32.0 Å². The van der Waals surface area contributed by atoms with Crippen molar-refractivity contribution in [3.63, 3.8) is 0 Å². The van der Waals surface area contributed by atoms with Gasteiger partial charge >= 0.3 is 0 Å². The number of hydrogen-bond donors (Lipinski definition) is 2. The van der Waals surface area contributed by atoms with Crippen LogP contribution in [0.5, 0.6) is 0 Å². The molecular formula is C11H13NO. The second-order valence-corrected chi connectivity index (χ2v) is 3.49. The van der Waals surface area contributed by atoms with E-state index in [1.165, 1.54) is 5.56 Å². The van der Waals surface area contributed by atoms with Crippen molar-refractivity contribution in [3.05, 3.63) is 35.5 Å². The van der Waals surface area contributed by atoms with Gasteiger partial charge in [-0.2, -0.15) is 0 Å². The fourth-order valence-electron chi connectivity index (χ4n) is 1.50. The van der Waals surface area contributed by atoms with Crippen molar-refractivity contribution >= 4 is 10.9 Å². The predicted molar refractivity (Wildman–Crippen MR) is 53.7 cm³/mol. The fourth-order valence-corrected chi connectivity index (χ4v) is 1.50. The molecule has 0 amide bonds. The van der Waals surface area contributed by atoms with Crippen LogP contribution in [0.1, 0.15) is 24.3 Å². The van der Waals surface area contributed by atoms with Gasteiger partial charge in [0, 0.05) is 16.6 Å². The normalized spacial score (nSPS) is 13.5. The first-order valence-electron chi connectivity index (χ1n) is 4.44. The van der Waals surface area contributed by atoms with E-state index in [1.807, 2.05) is 12.1 Å². The average molecular weight is 175 g/mol. The monoisotopic (exact) mass is 175 g/mol. The minimum absolute atomic E-state index is 0.423. The number of aliphatic hydroxyl groups excluding tert-OH is 1. The number of fused-ring (bicyclic) bond motifs is 1. The van der Waals surface area contributed by atoms with Gasteiger partial charge in [0.25, 0.3) is 0 Å². The molecule has 1 aromatic carbocycles. The molecule has 0 saturated carbocycles. The van der Waals surface area contributed by atoms with Crippen LogP contribution in [0.15, 0.2) is 24.3 Å². The summed E-state index contributed by atoms with van der Waals surface area (Å²) in [7, 11) is 0. The molecule has 0 aliphatic heterocycles. The lowest BCUT2D eigenvalue weighted by molar-refractivity contribution is 0.195. The zero-order chi connectivity index (χ0) is 9.42. The van der Waals surface area contributed by atoms with E-state index in [4.69, 9.17) is 0 Å². The Kier molecular flexibility index (Phi) is 1.85. The van der Waals surface area contributed by atoms with Crippen LogP contribution >= 0.6 is 0 Å².